The van der Waals surface area contributed by atoms with Crippen LogP contribution in [0.25, 0.3) is 11.1 Å². The van der Waals surface area contributed by atoms with Crippen LogP contribution >= 0.6 is 0 Å². The SMILES string of the molecule is Nc1cc(F)ccc1-c1ccc(C2CCCCC2)cc1. The highest BCUT2D eigenvalue weighted by Crippen LogP contribution is 2.34. The number of anilines is 1. The Morgan fingerprint density at radius 1 is 0.900 bits per heavy atom. The average Bonchev–Trinajstić information content (AvgIpc) is 2.48. The predicted molar refractivity (Wildman–Crippen MR) is 82.1 cm³/mol. The molecule has 0 heterocycles. The highest BCUT2D eigenvalue weighted by Gasteiger charge is 2.15. The molecular weight excluding hydrogens is 249 g/mol. The Hall–Kier alpha value is -1.83. The molecule has 104 valence electrons. The van der Waals surface area contributed by atoms with Crippen molar-refractivity contribution in [2.75, 3.05) is 5.73 Å². The van der Waals surface area contributed by atoms with Crippen LogP contribution in [0, 0.1) is 5.82 Å². The number of rotatable bonds is 2. The van der Waals surface area contributed by atoms with E-state index in [1.54, 1.807) is 6.07 Å². The second kappa shape index (κ2) is 5.66. The van der Waals surface area contributed by atoms with Crippen LogP contribution in [0.5, 0.6) is 0 Å². The van der Waals surface area contributed by atoms with E-state index in [4.69, 9.17) is 5.73 Å². The first-order valence-corrected chi connectivity index (χ1v) is 7.39. The van der Waals surface area contributed by atoms with Crippen LogP contribution in [0.1, 0.15) is 43.6 Å². The molecule has 1 aliphatic carbocycles. The van der Waals surface area contributed by atoms with Gasteiger partial charge in [0.25, 0.3) is 0 Å². The molecule has 2 N–H and O–H groups in total. The summed E-state index contributed by atoms with van der Waals surface area (Å²) in [4.78, 5) is 0. The molecule has 0 amide bonds. The monoisotopic (exact) mass is 269 g/mol. The Balaban J connectivity index is 1.85. The Kier molecular flexibility index (Phi) is 3.72. The van der Waals surface area contributed by atoms with Crippen LogP contribution in [0.3, 0.4) is 0 Å². The average molecular weight is 269 g/mol. The van der Waals surface area contributed by atoms with Gasteiger partial charge >= 0.3 is 0 Å². The highest BCUT2D eigenvalue weighted by atomic mass is 19.1. The highest BCUT2D eigenvalue weighted by molar-refractivity contribution is 5.76. The van der Waals surface area contributed by atoms with Crippen LogP contribution in [-0.2, 0) is 0 Å². The van der Waals surface area contributed by atoms with E-state index in [1.165, 1.54) is 49.8 Å². The fourth-order valence-corrected chi connectivity index (χ4v) is 3.17. The number of hydrogen-bond donors (Lipinski definition) is 1. The summed E-state index contributed by atoms with van der Waals surface area (Å²) in [5.74, 6) is 0.424. The van der Waals surface area contributed by atoms with E-state index in [0.29, 0.717) is 11.6 Å². The van der Waals surface area contributed by atoms with E-state index in [0.717, 1.165) is 11.1 Å². The molecule has 2 aromatic rings. The van der Waals surface area contributed by atoms with Crippen LogP contribution in [0.4, 0.5) is 10.1 Å². The normalized spacial score (nSPS) is 16.2. The lowest BCUT2D eigenvalue weighted by molar-refractivity contribution is 0.443. The van der Waals surface area contributed by atoms with Crippen molar-refractivity contribution in [3.63, 3.8) is 0 Å². The summed E-state index contributed by atoms with van der Waals surface area (Å²) in [5, 5.41) is 0. The van der Waals surface area contributed by atoms with Crippen LogP contribution in [-0.4, -0.2) is 0 Å². The molecular formula is C18H20FN. The first-order valence-electron chi connectivity index (χ1n) is 7.39. The molecule has 2 heteroatoms. The molecule has 1 saturated carbocycles. The maximum absolute atomic E-state index is 13.1. The van der Waals surface area contributed by atoms with E-state index in [9.17, 15) is 4.39 Å². The summed E-state index contributed by atoms with van der Waals surface area (Å²) in [6, 6.07) is 13.2. The minimum absolute atomic E-state index is 0.287. The molecule has 1 nitrogen and oxygen atoms in total. The third-order valence-corrected chi connectivity index (χ3v) is 4.31. The van der Waals surface area contributed by atoms with Gasteiger partial charge in [-0.25, -0.2) is 4.39 Å². The maximum atomic E-state index is 13.1. The number of halogens is 1. The van der Waals surface area contributed by atoms with E-state index in [-0.39, 0.29) is 5.82 Å². The third kappa shape index (κ3) is 2.69. The van der Waals surface area contributed by atoms with Gasteiger partial charge in [-0.05, 0) is 48.1 Å². The first-order chi connectivity index (χ1) is 9.74. The van der Waals surface area contributed by atoms with Crippen molar-refractivity contribution in [3.05, 3.63) is 53.8 Å². The summed E-state index contributed by atoms with van der Waals surface area (Å²) >= 11 is 0. The Morgan fingerprint density at radius 2 is 1.60 bits per heavy atom. The zero-order valence-electron chi connectivity index (χ0n) is 11.6. The van der Waals surface area contributed by atoms with Gasteiger partial charge in [-0.1, -0.05) is 43.5 Å². The molecule has 0 spiro atoms. The number of hydrogen-bond acceptors (Lipinski definition) is 1. The van der Waals surface area contributed by atoms with Gasteiger partial charge in [0.2, 0.25) is 0 Å². The summed E-state index contributed by atoms with van der Waals surface area (Å²) < 4.78 is 13.1. The summed E-state index contributed by atoms with van der Waals surface area (Å²) in [5.41, 5.74) is 9.78. The van der Waals surface area contributed by atoms with Crippen molar-refractivity contribution < 1.29 is 4.39 Å². The minimum Gasteiger partial charge on any atom is -0.398 e. The first kappa shape index (κ1) is 13.2. The smallest absolute Gasteiger partial charge is 0.125 e. The largest absolute Gasteiger partial charge is 0.398 e. The molecule has 3 rings (SSSR count). The molecule has 0 aliphatic heterocycles. The minimum atomic E-state index is -0.287. The summed E-state index contributed by atoms with van der Waals surface area (Å²) in [6.45, 7) is 0. The van der Waals surface area contributed by atoms with E-state index in [2.05, 4.69) is 24.3 Å². The molecule has 0 radical (unpaired) electrons. The van der Waals surface area contributed by atoms with Crippen molar-refractivity contribution in [3.8, 4) is 11.1 Å². The molecule has 0 bridgehead atoms. The number of nitrogen functional groups attached to an aromatic ring is 1. The summed E-state index contributed by atoms with van der Waals surface area (Å²) in [6.07, 6.45) is 6.67. The van der Waals surface area contributed by atoms with Crippen LogP contribution in [0.15, 0.2) is 42.5 Å². The van der Waals surface area contributed by atoms with Crippen molar-refractivity contribution >= 4 is 5.69 Å². The van der Waals surface area contributed by atoms with Gasteiger partial charge in [0.15, 0.2) is 0 Å². The van der Waals surface area contributed by atoms with Gasteiger partial charge in [-0.2, -0.15) is 0 Å². The molecule has 0 aromatic heterocycles. The predicted octanol–water partition coefficient (Wildman–Crippen LogP) is 5.12. The topological polar surface area (TPSA) is 26.0 Å². The zero-order chi connectivity index (χ0) is 13.9. The lowest BCUT2D eigenvalue weighted by Gasteiger charge is -2.22. The molecule has 0 atom stereocenters. The molecule has 1 fully saturated rings. The van der Waals surface area contributed by atoms with Gasteiger partial charge in [0.05, 0.1) is 0 Å². The second-order valence-corrected chi connectivity index (χ2v) is 5.69. The molecule has 0 unspecified atom stereocenters. The van der Waals surface area contributed by atoms with Crippen LogP contribution < -0.4 is 5.73 Å². The standard InChI is InChI=1S/C18H20FN/c19-16-10-11-17(18(20)12-16)15-8-6-14(7-9-15)13-4-2-1-3-5-13/h6-13H,1-5,20H2. The number of nitrogens with two attached hydrogens (primary N) is 1. The quantitative estimate of drug-likeness (QED) is 0.752. The maximum Gasteiger partial charge on any atom is 0.125 e. The lowest BCUT2D eigenvalue weighted by atomic mass is 9.83. The zero-order valence-corrected chi connectivity index (χ0v) is 11.6. The fraction of sp³-hybridized carbons (Fsp3) is 0.333. The van der Waals surface area contributed by atoms with E-state index in [1.807, 2.05) is 0 Å². The molecule has 1 aliphatic rings. The second-order valence-electron chi connectivity index (χ2n) is 5.69. The Labute approximate surface area is 119 Å². The van der Waals surface area contributed by atoms with Crippen molar-refractivity contribution in [2.24, 2.45) is 0 Å². The van der Waals surface area contributed by atoms with E-state index < -0.39 is 0 Å². The van der Waals surface area contributed by atoms with Crippen molar-refractivity contribution in [1.29, 1.82) is 0 Å². The fourth-order valence-electron chi connectivity index (χ4n) is 3.17. The molecule has 0 saturated heterocycles. The third-order valence-electron chi connectivity index (χ3n) is 4.31. The lowest BCUT2D eigenvalue weighted by Crippen LogP contribution is -2.04. The molecule has 20 heavy (non-hydrogen) atoms. The Bertz CT molecular complexity index is 583. The van der Waals surface area contributed by atoms with Gasteiger partial charge in [0.1, 0.15) is 5.82 Å². The molecule has 2 aromatic carbocycles. The van der Waals surface area contributed by atoms with E-state index >= 15 is 0 Å². The Morgan fingerprint density at radius 3 is 2.25 bits per heavy atom. The van der Waals surface area contributed by atoms with Gasteiger partial charge in [-0.3, -0.25) is 0 Å². The number of benzene rings is 2. The van der Waals surface area contributed by atoms with Crippen LogP contribution in [0.2, 0.25) is 0 Å². The summed E-state index contributed by atoms with van der Waals surface area (Å²) in [7, 11) is 0. The van der Waals surface area contributed by atoms with Crippen molar-refractivity contribution in [1.82, 2.24) is 0 Å². The van der Waals surface area contributed by atoms with Gasteiger partial charge < -0.3 is 5.73 Å². The van der Waals surface area contributed by atoms with Gasteiger partial charge in [0, 0.05) is 11.3 Å². The van der Waals surface area contributed by atoms with Crippen molar-refractivity contribution in [2.45, 2.75) is 38.0 Å². The van der Waals surface area contributed by atoms with Gasteiger partial charge in [-0.15, -0.1) is 0 Å².